The van der Waals surface area contributed by atoms with Gasteiger partial charge in [-0.2, -0.15) is 0 Å². The summed E-state index contributed by atoms with van der Waals surface area (Å²) in [6.07, 6.45) is 79.4. The van der Waals surface area contributed by atoms with Crippen LogP contribution in [0.15, 0.2) is 0 Å². The molecule has 0 atom stereocenters. The minimum absolute atomic E-state index is 0. The molecule has 0 N–H and O–H groups in total. The quantitative estimate of drug-likeness (QED) is 0.0430. The van der Waals surface area contributed by atoms with E-state index in [0.717, 1.165) is 51.4 Å². The molecule has 0 spiro atoms. The van der Waals surface area contributed by atoms with E-state index in [1.165, 1.54) is 334 Å². The second-order valence-electron chi connectivity index (χ2n) is 24.3. The Balaban J connectivity index is -0.000000233. The van der Waals surface area contributed by atoms with Crippen molar-refractivity contribution in [3.8, 4) is 0 Å². The minimum atomic E-state index is -0.903. The van der Waals surface area contributed by atoms with E-state index in [4.69, 9.17) is 0 Å². The monoisotopic (exact) mass is 1270 g/mol. The van der Waals surface area contributed by atoms with E-state index in [2.05, 4.69) is 27.7 Å². The smallest absolute Gasteiger partial charge is 0.550 e. The first-order valence-electron chi connectivity index (χ1n) is 35.9. The van der Waals surface area contributed by atoms with Gasteiger partial charge in [-0.3, -0.25) is 0 Å². The Morgan fingerprint density at radius 2 is 0.244 bits per heavy atom. The molecule has 0 bridgehead atoms. The van der Waals surface area contributed by atoms with E-state index in [1.54, 1.807) is 0 Å². The van der Waals surface area contributed by atoms with Crippen LogP contribution in [-0.4, -0.2) is 46.9 Å². The van der Waals surface area contributed by atoms with Crippen molar-refractivity contribution in [1.29, 1.82) is 0 Å². The fraction of sp³-hybridized carbons (Fsp3) is 0.944. The zero-order valence-electron chi connectivity index (χ0n) is 55.9. The van der Waals surface area contributed by atoms with Gasteiger partial charge in [-0.25, -0.2) is 0 Å². The van der Waals surface area contributed by atoms with Crippen molar-refractivity contribution < 1.29 is 66.9 Å². The SMILES string of the molecule is CCCCCCCCCCCCCCCCCC(=O)[O-].CCCCCCCCCCCCCCCCCC(=O)[O-].CCCCCCCCCCCCCCCCCC(=O)[O-].CCCCCCCCCCCCCCCCCC(=O)[O-].[Cd+2].[Mg+2]. The Labute approximate surface area is 548 Å². The summed E-state index contributed by atoms with van der Waals surface area (Å²) in [5.41, 5.74) is 0. The molecule has 10 heteroatoms. The zero-order chi connectivity index (χ0) is 59.6. The van der Waals surface area contributed by atoms with Crippen LogP contribution in [0.3, 0.4) is 0 Å². The number of rotatable bonds is 64. The summed E-state index contributed by atoms with van der Waals surface area (Å²) in [6.45, 7) is 9.07. The van der Waals surface area contributed by atoms with Gasteiger partial charge in [0.25, 0.3) is 0 Å². The summed E-state index contributed by atoms with van der Waals surface area (Å²) in [5, 5.41) is 40.9. The molecule has 8 nitrogen and oxygen atoms in total. The average Bonchev–Trinajstić information content (AvgIpc) is 3.43. The second-order valence-corrected chi connectivity index (χ2v) is 24.3. The number of aliphatic carboxylic acids is 4. The second kappa shape index (κ2) is 89.3. The third-order valence-electron chi connectivity index (χ3n) is 15.9. The van der Waals surface area contributed by atoms with Crippen molar-refractivity contribution >= 4 is 46.9 Å². The number of carbonyl (C=O) groups is 4. The van der Waals surface area contributed by atoms with E-state index in [0.29, 0.717) is 0 Å². The van der Waals surface area contributed by atoms with E-state index in [1.807, 2.05) is 0 Å². The molecule has 0 fully saturated rings. The van der Waals surface area contributed by atoms with Gasteiger partial charge in [0.1, 0.15) is 0 Å². The molecule has 0 aromatic rings. The van der Waals surface area contributed by atoms with Crippen LogP contribution in [0.2, 0.25) is 0 Å². The maximum absolute atomic E-state index is 10.2. The van der Waals surface area contributed by atoms with Gasteiger partial charge in [0.15, 0.2) is 0 Å². The summed E-state index contributed by atoms with van der Waals surface area (Å²) in [5.74, 6) is -3.61. The molecule has 0 amide bonds. The topological polar surface area (TPSA) is 161 Å². The molecular formula is C72H140CdMgO8. The van der Waals surface area contributed by atoms with Gasteiger partial charge < -0.3 is 39.6 Å². The summed E-state index contributed by atoms with van der Waals surface area (Å²) in [6, 6.07) is 0. The van der Waals surface area contributed by atoms with Crippen LogP contribution in [0.25, 0.3) is 0 Å². The molecule has 0 saturated carbocycles. The fourth-order valence-electron chi connectivity index (χ4n) is 10.6. The number of carboxylic acids is 4. The Morgan fingerprint density at radius 1 is 0.171 bits per heavy atom. The number of carboxylic acid groups (broad SMARTS) is 4. The van der Waals surface area contributed by atoms with Gasteiger partial charge in [0.05, 0.1) is 0 Å². The molecule has 0 aliphatic carbocycles. The summed E-state index contributed by atoms with van der Waals surface area (Å²) < 4.78 is 0. The summed E-state index contributed by atoms with van der Waals surface area (Å²) in [4.78, 5) is 40.9. The Morgan fingerprint density at radius 3 is 0.317 bits per heavy atom. The Bertz CT molecular complexity index is 998. The van der Waals surface area contributed by atoms with Gasteiger partial charge in [0, 0.05) is 23.9 Å². The third kappa shape index (κ3) is 108. The first-order valence-corrected chi connectivity index (χ1v) is 35.9. The van der Waals surface area contributed by atoms with Crippen molar-refractivity contribution in [2.45, 2.75) is 439 Å². The van der Waals surface area contributed by atoms with Gasteiger partial charge in [0.2, 0.25) is 0 Å². The van der Waals surface area contributed by atoms with Crippen molar-refractivity contribution in [3.05, 3.63) is 0 Å². The van der Waals surface area contributed by atoms with E-state index in [9.17, 15) is 39.6 Å². The van der Waals surface area contributed by atoms with Gasteiger partial charge in [-0.1, -0.05) is 387 Å². The average molecular weight is 1270 g/mol. The van der Waals surface area contributed by atoms with Crippen molar-refractivity contribution in [3.63, 3.8) is 0 Å². The van der Waals surface area contributed by atoms with Crippen LogP contribution in [0, 0.1) is 0 Å². The summed E-state index contributed by atoms with van der Waals surface area (Å²) >= 11 is 0. The minimum Gasteiger partial charge on any atom is -0.550 e. The molecule has 0 rings (SSSR count). The Hall–Kier alpha value is -0.432. The number of hydrogen-bond donors (Lipinski definition) is 0. The van der Waals surface area contributed by atoms with Crippen LogP contribution < -0.4 is 20.4 Å². The molecule has 480 valence electrons. The van der Waals surface area contributed by atoms with Crippen molar-refractivity contribution in [1.82, 2.24) is 0 Å². The Kier molecular flexibility index (Phi) is 101. The summed E-state index contributed by atoms with van der Waals surface area (Å²) in [7, 11) is 0. The maximum Gasteiger partial charge on any atom is 2.00 e. The van der Waals surface area contributed by atoms with Gasteiger partial charge in [-0.05, 0) is 51.4 Å². The fourth-order valence-corrected chi connectivity index (χ4v) is 10.6. The van der Waals surface area contributed by atoms with Crippen LogP contribution in [0.5, 0.6) is 0 Å². The molecule has 0 radical (unpaired) electrons. The molecule has 0 aromatic carbocycles. The molecule has 0 aliphatic heterocycles. The molecular weight excluding hydrogens is 1130 g/mol. The van der Waals surface area contributed by atoms with E-state index >= 15 is 0 Å². The molecule has 0 unspecified atom stereocenters. The molecule has 0 aromatic heterocycles. The van der Waals surface area contributed by atoms with Crippen LogP contribution in [0.4, 0.5) is 0 Å². The van der Waals surface area contributed by atoms with Crippen molar-refractivity contribution in [2.75, 3.05) is 0 Å². The van der Waals surface area contributed by atoms with Crippen LogP contribution >= 0.6 is 0 Å². The first-order chi connectivity index (χ1) is 39.1. The largest absolute Gasteiger partial charge is 2.00 e. The first kappa shape index (κ1) is 92.7. The zero-order valence-corrected chi connectivity index (χ0v) is 61.4. The van der Waals surface area contributed by atoms with Crippen LogP contribution in [-0.2, 0) is 46.5 Å². The predicted octanol–water partition coefficient (Wildman–Crippen LogP) is 19.6. The number of hydrogen-bond acceptors (Lipinski definition) is 8. The normalized spacial score (nSPS) is 10.6. The van der Waals surface area contributed by atoms with Crippen molar-refractivity contribution in [2.24, 2.45) is 0 Å². The third-order valence-corrected chi connectivity index (χ3v) is 15.9. The molecule has 82 heavy (non-hydrogen) atoms. The standard InChI is InChI=1S/4C18H36O2.Cd.Mg/c4*1-2-3-4-5-6-7-8-9-10-11-12-13-14-15-16-17-18(19)20;;/h4*2-17H2,1H3,(H,19,20);;/q;;;;2*+2/p-4. The van der Waals surface area contributed by atoms with E-state index < -0.39 is 23.9 Å². The predicted molar refractivity (Wildman–Crippen MR) is 344 cm³/mol. The number of unbranched alkanes of at least 4 members (excludes halogenated alkanes) is 56. The molecule has 0 saturated heterocycles. The molecule has 0 heterocycles. The van der Waals surface area contributed by atoms with Gasteiger partial charge >= 0.3 is 50.4 Å². The molecule has 0 aliphatic rings. The van der Waals surface area contributed by atoms with E-state index in [-0.39, 0.29) is 76.0 Å². The van der Waals surface area contributed by atoms with Crippen LogP contribution in [0.1, 0.15) is 439 Å². The number of carbonyl (C=O) groups excluding carboxylic acids is 4. The van der Waals surface area contributed by atoms with Gasteiger partial charge in [-0.15, -0.1) is 0 Å². The maximum atomic E-state index is 10.2.